The Morgan fingerprint density at radius 2 is 1.68 bits per heavy atom. The molecule has 0 radical (unpaired) electrons. The van der Waals surface area contributed by atoms with Crippen LogP contribution in [0.5, 0.6) is 0 Å². The van der Waals surface area contributed by atoms with Crippen molar-refractivity contribution in [2.24, 2.45) is 0 Å². The SMILES string of the molecule is CCn1c(=O)c2[nH]c(-c3ccc4ccccc4c3)nc2n(CC)c1=O. The van der Waals surface area contributed by atoms with Gasteiger partial charge in [0.2, 0.25) is 0 Å². The molecule has 0 fully saturated rings. The van der Waals surface area contributed by atoms with E-state index in [2.05, 4.69) is 9.97 Å². The third kappa shape index (κ3) is 2.29. The van der Waals surface area contributed by atoms with Gasteiger partial charge in [0, 0.05) is 18.7 Å². The Balaban J connectivity index is 2.01. The van der Waals surface area contributed by atoms with Crippen LogP contribution in [0.1, 0.15) is 13.8 Å². The van der Waals surface area contributed by atoms with Crippen molar-refractivity contribution in [3.8, 4) is 11.4 Å². The van der Waals surface area contributed by atoms with Gasteiger partial charge in [-0.2, -0.15) is 0 Å². The summed E-state index contributed by atoms with van der Waals surface area (Å²) in [6, 6.07) is 14.1. The second kappa shape index (κ2) is 5.73. The summed E-state index contributed by atoms with van der Waals surface area (Å²) in [5.41, 5.74) is 1.01. The second-order valence-corrected chi connectivity index (χ2v) is 5.92. The van der Waals surface area contributed by atoms with Crippen LogP contribution in [-0.4, -0.2) is 19.1 Å². The van der Waals surface area contributed by atoms with Gasteiger partial charge in [-0.3, -0.25) is 13.9 Å². The Morgan fingerprint density at radius 1 is 0.960 bits per heavy atom. The van der Waals surface area contributed by atoms with E-state index in [1.54, 1.807) is 6.92 Å². The van der Waals surface area contributed by atoms with Crippen LogP contribution in [0.2, 0.25) is 0 Å². The van der Waals surface area contributed by atoms with Crippen LogP contribution in [-0.2, 0) is 13.1 Å². The number of aromatic amines is 1. The highest BCUT2D eigenvalue weighted by Gasteiger charge is 2.16. The maximum Gasteiger partial charge on any atom is 0.332 e. The molecule has 0 saturated carbocycles. The lowest BCUT2D eigenvalue weighted by Crippen LogP contribution is -2.39. The molecule has 2 aromatic heterocycles. The number of H-pyrrole nitrogens is 1. The minimum Gasteiger partial charge on any atom is -0.332 e. The smallest absolute Gasteiger partial charge is 0.332 e. The lowest BCUT2D eigenvalue weighted by atomic mass is 10.1. The van der Waals surface area contributed by atoms with E-state index in [1.165, 1.54) is 9.13 Å². The first-order chi connectivity index (χ1) is 12.1. The number of hydrogen-bond acceptors (Lipinski definition) is 3. The van der Waals surface area contributed by atoms with Gasteiger partial charge in [0.1, 0.15) is 11.3 Å². The van der Waals surface area contributed by atoms with Crippen molar-refractivity contribution in [3.05, 3.63) is 63.3 Å². The van der Waals surface area contributed by atoms with E-state index in [0.717, 1.165) is 16.3 Å². The Morgan fingerprint density at radius 3 is 2.40 bits per heavy atom. The summed E-state index contributed by atoms with van der Waals surface area (Å²) < 4.78 is 2.76. The van der Waals surface area contributed by atoms with Crippen LogP contribution < -0.4 is 11.2 Å². The summed E-state index contributed by atoms with van der Waals surface area (Å²) >= 11 is 0. The van der Waals surface area contributed by atoms with Crippen LogP contribution in [0.4, 0.5) is 0 Å². The van der Waals surface area contributed by atoms with Gasteiger partial charge >= 0.3 is 5.69 Å². The zero-order valence-electron chi connectivity index (χ0n) is 14.1. The molecule has 0 aliphatic rings. The number of benzene rings is 2. The first-order valence-corrected chi connectivity index (χ1v) is 8.36. The van der Waals surface area contributed by atoms with Gasteiger partial charge in [-0.15, -0.1) is 0 Å². The summed E-state index contributed by atoms with van der Waals surface area (Å²) in [4.78, 5) is 32.7. The Kier molecular flexibility index (Phi) is 3.53. The van der Waals surface area contributed by atoms with Crippen molar-refractivity contribution in [2.75, 3.05) is 0 Å². The predicted octanol–water partition coefficient (Wildman–Crippen LogP) is 2.75. The zero-order chi connectivity index (χ0) is 17.6. The van der Waals surface area contributed by atoms with Gasteiger partial charge in [-0.1, -0.05) is 36.4 Å². The molecule has 0 aliphatic heterocycles. The lowest BCUT2D eigenvalue weighted by Gasteiger charge is -2.06. The van der Waals surface area contributed by atoms with Gasteiger partial charge < -0.3 is 4.98 Å². The standard InChI is InChI=1S/C19H18N4O2/c1-3-22-17-15(18(24)23(4-2)19(22)25)20-16(21-17)14-10-9-12-7-5-6-8-13(12)11-14/h5-11H,3-4H2,1-2H3,(H,20,21). The van der Waals surface area contributed by atoms with E-state index in [-0.39, 0.29) is 11.2 Å². The highest BCUT2D eigenvalue weighted by atomic mass is 16.2. The topological polar surface area (TPSA) is 72.7 Å². The van der Waals surface area contributed by atoms with Crippen LogP contribution in [0.15, 0.2) is 52.1 Å². The predicted molar refractivity (Wildman–Crippen MR) is 98.9 cm³/mol. The van der Waals surface area contributed by atoms with Crippen LogP contribution in [0.25, 0.3) is 33.3 Å². The van der Waals surface area contributed by atoms with E-state index in [0.29, 0.717) is 30.1 Å². The number of imidazole rings is 1. The molecular formula is C19H18N4O2. The molecule has 0 atom stereocenters. The molecule has 0 unspecified atom stereocenters. The molecule has 6 heteroatoms. The molecule has 6 nitrogen and oxygen atoms in total. The summed E-state index contributed by atoms with van der Waals surface area (Å²) in [7, 11) is 0. The van der Waals surface area contributed by atoms with E-state index >= 15 is 0 Å². The monoisotopic (exact) mass is 334 g/mol. The van der Waals surface area contributed by atoms with Crippen LogP contribution in [0.3, 0.4) is 0 Å². The third-order valence-electron chi connectivity index (χ3n) is 4.52. The zero-order valence-corrected chi connectivity index (χ0v) is 14.1. The Bertz CT molecular complexity index is 1210. The van der Waals surface area contributed by atoms with Crippen molar-refractivity contribution >= 4 is 21.9 Å². The average molecular weight is 334 g/mol. The number of hydrogen-bond donors (Lipinski definition) is 1. The number of fused-ring (bicyclic) bond motifs is 2. The van der Waals surface area contributed by atoms with Crippen molar-refractivity contribution in [3.63, 3.8) is 0 Å². The normalized spacial score (nSPS) is 11.4. The molecule has 2 heterocycles. The minimum atomic E-state index is -0.327. The molecule has 0 saturated heterocycles. The minimum absolute atomic E-state index is 0.320. The first-order valence-electron chi connectivity index (χ1n) is 8.36. The molecule has 0 bridgehead atoms. The molecule has 0 spiro atoms. The number of aryl methyl sites for hydroxylation is 1. The summed E-state index contributed by atoms with van der Waals surface area (Å²) in [6.45, 7) is 4.44. The summed E-state index contributed by atoms with van der Waals surface area (Å²) in [5, 5.41) is 2.24. The van der Waals surface area contributed by atoms with Crippen molar-refractivity contribution in [1.82, 2.24) is 19.1 Å². The van der Waals surface area contributed by atoms with Crippen LogP contribution >= 0.6 is 0 Å². The Labute approximate surface area is 143 Å². The van der Waals surface area contributed by atoms with E-state index in [4.69, 9.17) is 0 Å². The van der Waals surface area contributed by atoms with Gasteiger partial charge in [-0.05, 0) is 30.7 Å². The number of nitrogens with zero attached hydrogens (tertiary/aromatic N) is 3. The van der Waals surface area contributed by atoms with E-state index in [1.807, 2.05) is 49.4 Å². The van der Waals surface area contributed by atoms with Crippen molar-refractivity contribution in [1.29, 1.82) is 0 Å². The van der Waals surface area contributed by atoms with Crippen molar-refractivity contribution < 1.29 is 0 Å². The van der Waals surface area contributed by atoms with Gasteiger partial charge in [0.15, 0.2) is 5.65 Å². The van der Waals surface area contributed by atoms with Gasteiger partial charge in [-0.25, -0.2) is 9.78 Å². The number of aromatic nitrogens is 4. The highest BCUT2D eigenvalue weighted by molar-refractivity contribution is 5.87. The largest absolute Gasteiger partial charge is 0.332 e. The number of nitrogens with one attached hydrogen (secondary N) is 1. The fourth-order valence-corrected chi connectivity index (χ4v) is 3.20. The molecule has 25 heavy (non-hydrogen) atoms. The molecule has 4 aromatic rings. The molecule has 4 rings (SSSR count). The average Bonchev–Trinajstić information content (AvgIpc) is 3.07. The summed E-state index contributed by atoms with van der Waals surface area (Å²) in [5.74, 6) is 0.591. The molecule has 2 aromatic carbocycles. The fraction of sp³-hybridized carbons (Fsp3) is 0.211. The number of rotatable bonds is 3. The lowest BCUT2D eigenvalue weighted by molar-refractivity contribution is 0.606. The molecule has 0 amide bonds. The van der Waals surface area contributed by atoms with Crippen molar-refractivity contribution in [2.45, 2.75) is 26.9 Å². The maximum atomic E-state index is 12.6. The van der Waals surface area contributed by atoms with Gasteiger partial charge in [0.05, 0.1) is 0 Å². The highest BCUT2D eigenvalue weighted by Crippen LogP contribution is 2.23. The van der Waals surface area contributed by atoms with Gasteiger partial charge in [0.25, 0.3) is 5.56 Å². The molecule has 126 valence electrons. The molecular weight excluding hydrogens is 316 g/mol. The van der Waals surface area contributed by atoms with Crippen LogP contribution in [0, 0.1) is 0 Å². The maximum absolute atomic E-state index is 12.6. The second-order valence-electron chi connectivity index (χ2n) is 5.92. The quantitative estimate of drug-likeness (QED) is 0.626. The van der Waals surface area contributed by atoms with E-state index in [9.17, 15) is 9.59 Å². The fourth-order valence-electron chi connectivity index (χ4n) is 3.20. The third-order valence-corrected chi connectivity index (χ3v) is 4.52. The first kappa shape index (κ1) is 15.4. The van der Waals surface area contributed by atoms with E-state index < -0.39 is 0 Å². The molecule has 1 N–H and O–H groups in total. The summed E-state index contributed by atoms with van der Waals surface area (Å²) in [6.07, 6.45) is 0. The molecule has 0 aliphatic carbocycles. The Hall–Kier alpha value is -3.15.